The highest BCUT2D eigenvalue weighted by Gasteiger charge is 2.23. The van der Waals surface area contributed by atoms with Crippen LogP contribution in [0.1, 0.15) is 36.0 Å². The summed E-state index contributed by atoms with van der Waals surface area (Å²) in [6.45, 7) is 3.41. The maximum atomic E-state index is 14.0. The van der Waals surface area contributed by atoms with Crippen LogP contribution in [0.25, 0.3) is 10.9 Å². The molecule has 4 aromatic rings. The molecule has 3 nitrogen and oxygen atoms in total. The summed E-state index contributed by atoms with van der Waals surface area (Å²) in [5, 5.41) is 4.11. The van der Waals surface area contributed by atoms with Gasteiger partial charge in [-0.1, -0.05) is 60.7 Å². The average Bonchev–Trinajstić information content (AvgIpc) is 3.15. The molecule has 1 heterocycles. The lowest BCUT2D eigenvalue weighted by Crippen LogP contribution is -2.25. The predicted octanol–water partition coefficient (Wildman–Crippen LogP) is 5.64. The van der Waals surface area contributed by atoms with Crippen molar-refractivity contribution in [2.75, 3.05) is 0 Å². The SMILES string of the molecule is CCn1cc([C@@H](CC(=O)NCc2ccccc2)c2cccc(F)c2)c2ccccc21. The minimum absolute atomic E-state index is 0.0542. The molecule has 0 bridgehead atoms. The van der Waals surface area contributed by atoms with Crippen LogP contribution in [0.4, 0.5) is 4.39 Å². The lowest BCUT2D eigenvalue weighted by Gasteiger charge is -2.17. The topological polar surface area (TPSA) is 34.0 Å². The van der Waals surface area contributed by atoms with Crippen molar-refractivity contribution in [3.05, 3.63) is 108 Å². The van der Waals surface area contributed by atoms with Crippen molar-refractivity contribution in [1.82, 2.24) is 9.88 Å². The number of para-hydroxylation sites is 1. The molecule has 0 aliphatic carbocycles. The molecule has 4 rings (SSSR count). The Morgan fingerprint density at radius 3 is 2.53 bits per heavy atom. The van der Waals surface area contributed by atoms with Gasteiger partial charge in [0.2, 0.25) is 5.91 Å². The van der Waals surface area contributed by atoms with E-state index in [1.807, 2.05) is 48.5 Å². The minimum atomic E-state index is -0.290. The molecule has 0 aliphatic rings. The van der Waals surface area contributed by atoms with E-state index in [9.17, 15) is 9.18 Å². The number of hydrogen-bond acceptors (Lipinski definition) is 1. The van der Waals surface area contributed by atoms with Gasteiger partial charge in [0, 0.05) is 42.5 Å². The van der Waals surface area contributed by atoms with Crippen LogP contribution < -0.4 is 5.32 Å². The number of aryl methyl sites for hydroxylation is 1. The predicted molar refractivity (Wildman–Crippen MR) is 119 cm³/mol. The third kappa shape index (κ3) is 4.28. The third-order valence-electron chi connectivity index (χ3n) is 5.51. The van der Waals surface area contributed by atoms with Crippen LogP contribution in [0.5, 0.6) is 0 Å². The second kappa shape index (κ2) is 8.95. The van der Waals surface area contributed by atoms with Crippen molar-refractivity contribution in [3.63, 3.8) is 0 Å². The van der Waals surface area contributed by atoms with E-state index in [4.69, 9.17) is 0 Å². The van der Waals surface area contributed by atoms with Gasteiger partial charge < -0.3 is 9.88 Å². The number of amides is 1. The summed E-state index contributed by atoms with van der Waals surface area (Å²) in [6, 6.07) is 24.6. The number of nitrogens with one attached hydrogen (secondary N) is 1. The van der Waals surface area contributed by atoms with Crippen LogP contribution in [0, 0.1) is 5.82 Å². The van der Waals surface area contributed by atoms with Crippen molar-refractivity contribution >= 4 is 16.8 Å². The highest BCUT2D eigenvalue weighted by atomic mass is 19.1. The fourth-order valence-corrected chi connectivity index (χ4v) is 4.00. The van der Waals surface area contributed by atoms with E-state index in [1.165, 1.54) is 12.1 Å². The molecule has 1 atom stereocenters. The van der Waals surface area contributed by atoms with Crippen LogP contribution in [0.15, 0.2) is 85.1 Å². The lowest BCUT2D eigenvalue weighted by atomic mass is 9.88. The number of rotatable bonds is 7. The Morgan fingerprint density at radius 1 is 1.00 bits per heavy atom. The van der Waals surface area contributed by atoms with E-state index in [1.54, 1.807) is 6.07 Å². The summed E-state index contributed by atoms with van der Waals surface area (Å²) >= 11 is 0. The minimum Gasteiger partial charge on any atom is -0.352 e. The van der Waals surface area contributed by atoms with Gasteiger partial charge in [-0.15, -0.1) is 0 Å². The maximum Gasteiger partial charge on any atom is 0.221 e. The Balaban J connectivity index is 1.67. The molecule has 0 radical (unpaired) electrons. The largest absolute Gasteiger partial charge is 0.352 e. The normalized spacial score (nSPS) is 12.1. The number of halogens is 1. The number of hydrogen-bond donors (Lipinski definition) is 1. The first-order chi connectivity index (χ1) is 14.7. The van der Waals surface area contributed by atoms with Gasteiger partial charge in [-0.2, -0.15) is 0 Å². The van der Waals surface area contributed by atoms with Gasteiger partial charge >= 0.3 is 0 Å². The van der Waals surface area contributed by atoms with Gasteiger partial charge in [-0.05, 0) is 41.8 Å². The number of carbonyl (C=O) groups excluding carboxylic acids is 1. The molecular formula is C26H25FN2O. The van der Waals surface area contributed by atoms with Gasteiger partial charge in [-0.25, -0.2) is 4.39 Å². The summed E-state index contributed by atoms with van der Waals surface area (Å²) in [4.78, 5) is 12.9. The number of carbonyl (C=O) groups is 1. The zero-order chi connectivity index (χ0) is 20.9. The second-order valence-electron chi connectivity index (χ2n) is 7.46. The van der Waals surface area contributed by atoms with Gasteiger partial charge in [-0.3, -0.25) is 4.79 Å². The smallest absolute Gasteiger partial charge is 0.221 e. The molecule has 0 unspecified atom stereocenters. The summed E-state index contributed by atoms with van der Waals surface area (Å²) in [5.41, 5.74) is 4.04. The van der Waals surface area contributed by atoms with Crippen LogP contribution >= 0.6 is 0 Å². The van der Waals surface area contributed by atoms with Crippen molar-refractivity contribution in [1.29, 1.82) is 0 Å². The Labute approximate surface area is 176 Å². The summed E-state index contributed by atoms with van der Waals surface area (Å²) < 4.78 is 16.2. The monoisotopic (exact) mass is 400 g/mol. The molecule has 0 fully saturated rings. The Morgan fingerprint density at radius 2 is 1.77 bits per heavy atom. The maximum absolute atomic E-state index is 14.0. The zero-order valence-corrected chi connectivity index (χ0v) is 17.0. The summed E-state index contributed by atoms with van der Waals surface area (Å²) in [5.74, 6) is -0.572. The molecule has 30 heavy (non-hydrogen) atoms. The zero-order valence-electron chi connectivity index (χ0n) is 17.0. The fourth-order valence-electron chi connectivity index (χ4n) is 4.00. The van der Waals surface area contributed by atoms with E-state index in [0.29, 0.717) is 6.54 Å². The number of benzene rings is 3. The van der Waals surface area contributed by atoms with Gasteiger partial charge in [0.05, 0.1) is 0 Å². The molecule has 1 amide bonds. The Hall–Kier alpha value is -3.40. The molecule has 0 spiro atoms. The summed E-state index contributed by atoms with van der Waals surface area (Å²) in [7, 11) is 0. The van der Waals surface area contributed by atoms with Gasteiger partial charge in [0.25, 0.3) is 0 Å². The Kier molecular flexibility index (Phi) is 5.94. The van der Waals surface area contributed by atoms with Crippen molar-refractivity contribution < 1.29 is 9.18 Å². The first kappa shape index (κ1) is 19.9. The molecule has 3 aromatic carbocycles. The highest BCUT2D eigenvalue weighted by Crippen LogP contribution is 2.35. The number of nitrogens with zero attached hydrogens (tertiary/aromatic N) is 1. The number of aromatic nitrogens is 1. The van der Waals surface area contributed by atoms with Crippen LogP contribution in [0.2, 0.25) is 0 Å². The molecule has 0 saturated heterocycles. The van der Waals surface area contributed by atoms with Gasteiger partial charge in [0.15, 0.2) is 0 Å². The van der Waals surface area contributed by atoms with Crippen molar-refractivity contribution in [3.8, 4) is 0 Å². The molecular weight excluding hydrogens is 375 g/mol. The van der Waals surface area contributed by atoms with Crippen LogP contribution in [-0.2, 0) is 17.9 Å². The van der Waals surface area contributed by atoms with E-state index in [-0.39, 0.29) is 24.1 Å². The first-order valence-corrected chi connectivity index (χ1v) is 10.3. The lowest BCUT2D eigenvalue weighted by molar-refractivity contribution is -0.121. The van der Waals surface area contributed by atoms with Crippen LogP contribution in [-0.4, -0.2) is 10.5 Å². The number of fused-ring (bicyclic) bond motifs is 1. The fraction of sp³-hybridized carbons (Fsp3) is 0.192. The quantitative estimate of drug-likeness (QED) is 0.428. The van der Waals surface area contributed by atoms with E-state index in [0.717, 1.165) is 34.1 Å². The van der Waals surface area contributed by atoms with E-state index >= 15 is 0 Å². The standard InChI is InChI=1S/C26H25FN2O/c1-2-29-18-24(22-13-6-7-14-25(22)29)23(20-11-8-12-21(27)15-20)16-26(30)28-17-19-9-4-3-5-10-19/h3-15,18,23H,2,16-17H2,1H3,(H,28,30)/t23-/m0/s1. The second-order valence-corrected chi connectivity index (χ2v) is 7.46. The molecule has 152 valence electrons. The van der Waals surface area contributed by atoms with E-state index < -0.39 is 0 Å². The molecule has 1 N–H and O–H groups in total. The van der Waals surface area contributed by atoms with Crippen molar-refractivity contribution in [2.24, 2.45) is 0 Å². The third-order valence-corrected chi connectivity index (χ3v) is 5.51. The van der Waals surface area contributed by atoms with Crippen LogP contribution in [0.3, 0.4) is 0 Å². The Bertz CT molecular complexity index is 1150. The molecule has 0 aliphatic heterocycles. The van der Waals surface area contributed by atoms with Crippen molar-refractivity contribution in [2.45, 2.75) is 32.4 Å². The average molecular weight is 400 g/mol. The first-order valence-electron chi connectivity index (χ1n) is 10.3. The highest BCUT2D eigenvalue weighted by molar-refractivity contribution is 5.86. The molecule has 1 aromatic heterocycles. The molecule has 0 saturated carbocycles. The molecule has 4 heteroatoms. The van der Waals surface area contributed by atoms with Gasteiger partial charge in [0.1, 0.15) is 5.82 Å². The summed E-state index contributed by atoms with van der Waals surface area (Å²) in [6.07, 6.45) is 2.36. The van der Waals surface area contributed by atoms with E-state index in [2.05, 4.69) is 35.1 Å².